The fourth-order valence-electron chi connectivity index (χ4n) is 3.72. The van der Waals surface area contributed by atoms with Gasteiger partial charge in [0, 0.05) is 23.9 Å². The van der Waals surface area contributed by atoms with Crippen LogP contribution >= 0.6 is 0 Å². The van der Waals surface area contributed by atoms with E-state index in [1.165, 1.54) is 93.5 Å². The molecule has 146 valence electrons. The van der Waals surface area contributed by atoms with Crippen molar-refractivity contribution in [3.63, 3.8) is 0 Å². The van der Waals surface area contributed by atoms with E-state index in [-0.39, 0.29) is 17.0 Å². The van der Waals surface area contributed by atoms with Crippen LogP contribution in [0.5, 0.6) is 0 Å². The lowest BCUT2D eigenvalue weighted by Crippen LogP contribution is -3.00. The van der Waals surface area contributed by atoms with Crippen molar-refractivity contribution in [2.45, 2.75) is 97.4 Å². The summed E-state index contributed by atoms with van der Waals surface area (Å²) < 4.78 is 2.42. The average molecular weight is 420 g/mol. The summed E-state index contributed by atoms with van der Waals surface area (Å²) >= 11 is 0. The third-order valence-electron chi connectivity index (χ3n) is 5.29. The van der Waals surface area contributed by atoms with Crippen LogP contribution in [-0.4, -0.2) is 0 Å². The van der Waals surface area contributed by atoms with E-state index in [0.29, 0.717) is 0 Å². The van der Waals surface area contributed by atoms with E-state index in [9.17, 15) is 0 Å². The molecule has 0 aliphatic rings. The van der Waals surface area contributed by atoms with E-state index in [1.54, 1.807) is 0 Å². The van der Waals surface area contributed by atoms with Crippen molar-refractivity contribution in [1.82, 2.24) is 0 Å². The van der Waals surface area contributed by atoms with Crippen LogP contribution in [0.3, 0.4) is 0 Å². The molecule has 0 fully saturated rings. The van der Waals surface area contributed by atoms with Crippen LogP contribution in [0.4, 0.5) is 0 Å². The number of halogens is 1. The van der Waals surface area contributed by atoms with Gasteiger partial charge in [-0.1, -0.05) is 82.8 Å². The Morgan fingerprint density at radius 2 is 1.31 bits per heavy atom. The molecule has 0 N–H and O–H groups in total. The quantitative estimate of drug-likeness (QED) is 0.339. The molecule has 0 saturated carbocycles. The Morgan fingerprint density at radius 1 is 0.731 bits per heavy atom. The second kappa shape index (κ2) is 14.2. The monoisotopic (exact) mass is 419 g/mol. The molecular weight excluding hydrogens is 382 g/mol. The number of fused-ring (bicyclic) bond motifs is 1. The Bertz CT molecular complexity index is 608. The lowest BCUT2D eigenvalue weighted by atomic mass is 10.1. The van der Waals surface area contributed by atoms with Crippen LogP contribution in [-0.2, 0) is 6.54 Å². The highest BCUT2D eigenvalue weighted by molar-refractivity contribution is 5.76. The minimum atomic E-state index is 0. The first-order valence-electron chi connectivity index (χ1n) is 10.7. The highest BCUT2D eigenvalue weighted by Gasteiger charge is 2.07. The van der Waals surface area contributed by atoms with Crippen molar-refractivity contribution in [1.29, 1.82) is 0 Å². The maximum absolute atomic E-state index is 2.42. The highest BCUT2D eigenvalue weighted by atomic mass is 79.9. The number of unbranched alkanes of at least 4 members (excludes halogenated alkanes) is 11. The number of nitrogens with zero attached hydrogens (tertiary/aromatic N) is 1. The maximum Gasteiger partial charge on any atom is 0.212 e. The Labute approximate surface area is 172 Å². The number of aromatic nitrogens is 1. The number of pyridine rings is 1. The number of benzene rings is 1. The van der Waals surface area contributed by atoms with Crippen LogP contribution in [0.15, 0.2) is 36.5 Å². The van der Waals surface area contributed by atoms with E-state index >= 15 is 0 Å². The summed E-state index contributed by atoms with van der Waals surface area (Å²) in [6, 6.07) is 11.2. The predicted molar refractivity (Wildman–Crippen MR) is 110 cm³/mol. The summed E-state index contributed by atoms with van der Waals surface area (Å²) in [4.78, 5) is 0. The van der Waals surface area contributed by atoms with Gasteiger partial charge in [-0.15, -0.1) is 0 Å². The van der Waals surface area contributed by atoms with Crippen molar-refractivity contribution in [2.24, 2.45) is 0 Å². The maximum atomic E-state index is 2.42. The Hall–Kier alpha value is -0.890. The fourth-order valence-corrected chi connectivity index (χ4v) is 3.72. The Morgan fingerprint density at radius 3 is 1.92 bits per heavy atom. The third-order valence-corrected chi connectivity index (χ3v) is 5.29. The van der Waals surface area contributed by atoms with Gasteiger partial charge in [0.15, 0.2) is 6.20 Å². The molecule has 0 amide bonds. The molecule has 0 spiro atoms. The van der Waals surface area contributed by atoms with Gasteiger partial charge in [-0.25, -0.2) is 0 Å². The zero-order valence-electron chi connectivity index (χ0n) is 17.0. The molecule has 0 radical (unpaired) electrons. The van der Waals surface area contributed by atoms with Gasteiger partial charge in [0.1, 0.15) is 6.54 Å². The molecule has 0 atom stereocenters. The molecule has 2 aromatic rings. The van der Waals surface area contributed by atoms with Crippen LogP contribution in [0.1, 0.15) is 89.5 Å². The van der Waals surface area contributed by atoms with Crippen molar-refractivity contribution in [3.05, 3.63) is 42.1 Å². The molecule has 2 heteroatoms. The molecule has 1 heterocycles. The summed E-state index contributed by atoms with van der Waals surface area (Å²) in [6.07, 6.45) is 19.2. The minimum absolute atomic E-state index is 0. The van der Waals surface area contributed by atoms with E-state index in [2.05, 4.69) is 54.9 Å². The minimum Gasteiger partial charge on any atom is -1.00 e. The molecule has 26 heavy (non-hydrogen) atoms. The molecule has 1 aromatic heterocycles. The highest BCUT2D eigenvalue weighted by Crippen LogP contribution is 2.13. The first-order valence-corrected chi connectivity index (χ1v) is 10.7. The van der Waals surface area contributed by atoms with E-state index in [0.717, 1.165) is 6.54 Å². The number of rotatable bonds is 13. The molecule has 1 nitrogen and oxygen atoms in total. The Kier molecular flexibility index (Phi) is 12.6. The van der Waals surface area contributed by atoms with E-state index in [1.807, 2.05) is 0 Å². The van der Waals surface area contributed by atoms with Crippen molar-refractivity contribution >= 4 is 10.9 Å². The summed E-state index contributed by atoms with van der Waals surface area (Å²) in [6.45, 7) is 5.61. The van der Waals surface area contributed by atoms with Gasteiger partial charge in [-0.3, -0.25) is 0 Å². The fraction of sp³-hybridized carbons (Fsp3) is 0.625. The van der Waals surface area contributed by atoms with Gasteiger partial charge in [0.05, 0.1) is 0 Å². The SMILES string of the molecule is CCCCCCCCCCCCCC[n+]1cccc2cc(C)ccc21.[Br-]. The zero-order chi connectivity index (χ0) is 17.7. The number of hydrogen-bond donors (Lipinski definition) is 0. The van der Waals surface area contributed by atoms with Crippen LogP contribution in [0, 0.1) is 6.92 Å². The molecule has 0 aliphatic heterocycles. The lowest BCUT2D eigenvalue weighted by Gasteiger charge is -2.04. The number of hydrogen-bond acceptors (Lipinski definition) is 0. The van der Waals surface area contributed by atoms with Gasteiger partial charge in [-0.05, 0) is 25.5 Å². The van der Waals surface area contributed by atoms with E-state index in [4.69, 9.17) is 0 Å². The summed E-state index contributed by atoms with van der Waals surface area (Å²) in [5.74, 6) is 0. The molecule has 0 bridgehead atoms. The van der Waals surface area contributed by atoms with Crippen molar-refractivity contribution in [2.75, 3.05) is 0 Å². The van der Waals surface area contributed by atoms with Crippen molar-refractivity contribution < 1.29 is 21.5 Å². The molecule has 1 aromatic carbocycles. The average Bonchev–Trinajstić information content (AvgIpc) is 2.62. The topological polar surface area (TPSA) is 3.88 Å². The summed E-state index contributed by atoms with van der Waals surface area (Å²) in [7, 11) is 0. The van der Waals surface area contributed by atoms with Crippen LogP contribution < -0.4 is 21.5 Å². The summed E-state index contributed by atoms with van der Waals surface area (Å²) in [5, 5.41) is 1.36. The first-order chi connectivity index (χ1) is 12.3. The van der Waals surface area contributed by atoms with Crippen molar-refractivity contribution in [3.8, 4) is 0 Å². The second-order valence-electron chi connectivity index (χ2n) is 7.65. The van der Waals surface area contributed by atoms with Crippen LogP contribution in [0.25, 0.3) is 10.9 Å². The largest absolute Gasteiger partial charge is 1.00 e. The zero-order valence-corrected chi connectivity index (χ0v) is 18.6. The molecular formula is C24H38BrN. The van der Waals surface area contributed by atoms with Gasteiger partial charge < -0.3 is 17.0 Å². The first kappa shape index (κ1) is 23.1. The number of aryl methyl sites for hydroxylation is 2. The molecule has 0 aliphatic carbocycles. The normalized spacial score (nSPS) is 10.8. The smallest absolute Gasteiger partial charge is 0.212 e. The third kappa shape index (κ3) is 8.66. The van der Waals surface area contributed by atoms with Gasteiger partial charge in [0.25, 0.3) is 0 Å². The van der Waals surface area contributed by atoms with Gasteiger partial charge in [-0.2, -0.15) is 4.57 Å². The standard InChI is InChI=1S/C24H38N.BrH/c1-3-4-5-6-7-8-9-10-11-12-13-14-19-25-20-15-16-23-21-22(2)17-18-24(23)25;/h15-18,20-21H,3-14,19H2,1-2H3;1H/q+1;/p-1. The van der Waals surface area contributed by atoms with E-state index < -0.39 is 0 Å². The van der Waals surface area contributed by atoms with Gasteiger partial charge >= 0.3 is 0 Å². The predicted octanol–water partition coefficient (Wildman–Crippen LogP) is 4.14. The molecule has 0 unspecified atom stereocenters. The Balaban J connectivity index is 0.00000338. The summed E-state index contributed by atoms with van der Waals surface area (Å²) in [5.41, 5.74) is 2.71. The van der Waals surface area contributed by atoms with Crippen LogP contribution in [0.2, 0.25) is 0 Å². The molecule has 0 saturated heterocycles. The lowest BCUT2D eigenvalue weighted by molar-refractivity contribution is -0.671. The van der Waals surface area contributed by atoms with Gasteiger partial charge in [0.2, 0.25) is 5.52 Å². The second-order valence-corrected chi connectivity index (χ2v) is 7.65. The molecule has 2 rings (SSSR count).